The quantitative estimate of drug-likeness (QED) is 0.870. The van der Waals surface area contributed by atoms with Crippen LogP contribution in [-0.4, -0.2) is 21.0 Å². The van der Waals surface area contributed by atoms with E-state index in [9.17, 15) is 4.79 Å². The summed E-state index contributed by atoms with van der Waals surface area (Å²) < 4.78 is 5.04. The van der Waals surface area contributed by atoms with Crippen molar-refractivity contribution >= 4 is 11.9 Å². The van der Waals surface area contributed by atoms with Crippen molar-refractivity contribution in [2.24, 2.45) is 0 Å². The first kappa shape index (κ1) is 15.3. The van der Waals surface area contributed by atoms with Crippen LogP contribution in [0.5, 0.6) is 0 Å². The number of hydrogen-bond donors (Lipinski definition) is 2. The number of H-pyrrole nitrogens is 1. The summed E-state index contributed by atoms with van der Waals surface area (Å²) in [4.78, 5) is 18.4. The molecule has 0 saturated carbocycles. The van der Waals surface area contributed by atoms with Crippen molar-refractivity contribution < 1.29 is 9.32 Å². The van der Waals surface area contributed by atoms with E-state index in [1.807, 2.05) is 13.8 Å². The number of carbonyl (C=O) groups is 1. The molecule has 0 fully saturated rings. The Kier molecular flexibility index (Phi) is 4.54. The summed E-state index contributed by atoms with van der Waals surface area (Å²) in [5.74, 6) is -0.245. The molecular weight excluding hydrogens is 284 g/mol. The second-order valence-electron chi connectivity index (χ2n) is 4.62. The van der Waals surface area contributed by atoms with Gasteiger partial charge in [-0.15, -0.1) is 0 Å². The molecule has 0 aliphatic heterocycles. The maximum absolute atomic E-state index is 12.1. The van der Waals surface area contributed by atoms with Crippen molar-refractivity contribution in [1.29, 1.82) is 10.5 Å². The van der Waals surface area contributed by atoms with E-state index in [0.717, 1.165) is 18.5 Å². The van der Waals surface area contributed by atoms with Crippen molar-refractivity contribution in [1.82, 2.24) is 15.1 Å². The number of aromatic amines is 1. The molecule has 2 aromatic rings. The van der Waals surface area contributed by atoms with E-state index in [2.05, 4.69) is 20.4 Å². The van der Waals surface area contributed by atoms with Crippen LogP contribution in [0, 0.1) is 22.7 Å². The van der Waals surface area contributed by atoms with Crippen LogP contribution in [0.15, 0.2) is 10.6 Å². The molecule has 2 N–H and O–H groups in total. The van der Waals surface area contributed by atoms with Crippen LogP contribution < -0.4 is 5.32 Å². The van der Waals surface area contributed by atoms with E-state index in [0.29, 0.717) is 0 Å². The number of nitriles is 2. The minimum absolute atomic E-state index is 0.00640. The third kappa shape index (κ3) is 2.96. The van der Waals surface area contributed by atoms with Gasteiger partial charge in [0.15, 0.2) is 11.4 Å². The predicted molar refractivity (Wildman–Crippen MR) is 75.8 cm³/mol. The molecule has 0 spiro atoms. The highest BCUT2D eigenvalue weighted by Gasteiger charge is 2.19. The van der Waals surface area contributed by atoms with Crippen LogP contribution in [0.1, 0.15) is 60.2 Å². The standard InChI is InChI=1S/C14H14N6O2/c1-3-8(4-2)9-5-12(22-20-9)13(21)19-14-17-10(6-15)11(7-16)18-14/h5,8H,3-4H2,1-2H3,(H2,17,18,19,21). The van der Waals surface area contributed by atoms with Crippen LogP contribution in [0.3, 0.4) is 0 Å². The molecule has 22 heavy (non-hydrogen) atoms. The molecule has 0 saturated heterocycles. The molecule has 0 aromatic carbocycles. The van der Waals surface area contributed by atoms with Crippen LogP contribution in [0.25, 0.3) is 0 Å². The van der Waals surface area contributed by atoms with Gasteiger partial charge in [-0.25, -0.2) is 4.98 Å². The molecule has 8 nitrogen and oxygen atoms in total. The number of amides is 1. The summed E-state index contributed by atoms with van der Waals surface area (Å²) in [6.45, 7) is 4.08. The van der Waals surface area contributed by atoms with Gasteiger partial charge in [-0.1, -0.05) is 19.0 Å². The zero-order chi connectivity index (χ0) is 16.1. The molecular formula is C14H14N6O2. The zero-order valence-electron chi connectivity index (χ0n) is 12.2. The van der Waals surface area contributed by atoms with Gasteiger partial charge in [-0.05, 0) is 12.8 Å². The molecule has 0 radical (unpaired) electrons. The average Bonchev–Trinajstić information content (AvgIpc) is 3.15. The lowest BCUT2D eigenvalue weighted by molar-refractivity contribution is 0.0987. The van der Waals surface area contributed by atoms with Crippen LogP contribution in [0.4, 0.5) is 5.95 Å². The van der Waals surface area contributed by atoms with Crippen LogP contribution >= 0.6 is 0 Å². The average molecular weight is 298 g/mol. The Morgan fingerprint density at radius 2 is 2.14 bits per heavy atom. The fourth-order valence-corrected chi connectivity index (χ4v) is 2.06. The van der Waals surface area contributed by atoms with E-state index in [1.165, 1.54) is 0 Å². The van der Waals surface area contributed by atoms with Crippen molar-refractivity contribution in [3.05, 3.63) is 28.9 Å². The lowest BCUT2D eigenvalue weighted by atomic mass is 9.99. The summed E-state index contributed by atoms with van der Waals surface area (Å²) in [7, 11) is 0. The normalized spacial score (nSPS) is 10.2. The maximum Gasteiger partial charge on any atom is 0.296 e. The fourth-order valence-electron chi connectivity index (χ4n) is 2.06. The fraction of sp³-hybridized carbons (Fsp3) is 0.357. The Hall–Kier alpha value is -3.13. The predicted octanol–water partition coefficient (Wildman–Crippen LogP) is 2.30. The molecule has 0 aliphatic carbocycles. The molecule has 0 bridgehead atoms. The van der Waals surface area contributed by atoms with Crippen molar-refractivity contribution in [3.63, 3.8) is 0 Å². The van der Waals surface area contributed by atoms with E-state index < -0.39 is 5.91 Å². The van der Waals surface area contributed by atoms with Crippen molar-refractivity contribution in [2.45, 2.75) is 32.6 Å². The smallest absolute Gasteiger partial charge is 0.296 e. The Labute approximate surface area is 126 Å². The Morgan fingerprint density at radius 3 is 2.68 bits per heavy atom. The number of anilines is 1. The molecule has 112 valence electrons. The van der Waals surface area contributed by atoms with Crippen molar-refractivity contribution in [2.75, 3.05) is 5.32 Å². The zero-order valence-corrected chi connectivity index (χ0v) is 12.2. The van der Waals surface area contributed by atoms with E-state index in [-0.39, 0.29) is 29.0 Å². The first-order valence-electron chi connectivity index (χ1n) is 6.81. The highest BCUT2D eigenvalue weighted by Crippen LogP contribution is 2.22. The molecule has 0 aliphatic rings. The molecule has 0 atom stereocenters. The molecule has 2 aromatic heterocycles. The van der Waals surface area contributed by atoms with Gasteiger partial charge in [0, 0.05) is 12.0 Å². The highest BCUT2D eigenvalue weighted by molar-refractivity contribution is 6.01. The third-order valence-electron chi connectivity index (χ3n) is 3.31. The molecule has 8 heteroatoms. The van der Waals surface area contributed by atoms with Gasteiger partial charge in [-0.2, -0.15) is 10.5 Å². The van der Waals surface area contributed by atoms with E-state index in [4.69, 9.17) is 15.0 Å². The monoisotopic (exact) mass is 298 g/mol. The summed E-state index contributed by atoms with van der Waals surface area (Å²) in [5.41, 5.74) is 0.645. The second-order valence-corrected chi connectivity index (χ2v) is 4.62. The highest BCUT2D eigenvalue weighted by atomic mass is 16.5. The third-order valence-corrected chi connectivity index (χ3v) is 3.31. The lowest BCUT2D eigenvalue weighted by Gasteiger charge is -2.05. The minimum atomic E-state index is -0.549. The summed E-state index contributed by atoms with van der Waals surface area (Å²) in [6, 6.07) is 5.14. The summed E-state index contributed by atoms with van der Waals surface area (Å²) in [5, 5.41) is 24.0. The Bertz CT molecular complexity index is 726. The molecule has 2 rings (SSSR count). The Morgan fingerprint density at radius 1 is 1.41 bits per heavy atom. The van der Waals surface area contributed by atoms with Crippen LogP contribution in [0.2, 0.25) is 0 Å². The number of hydrogen-bond acceptors (Lipinski definition) is 6. The first-order valence-corrected chi connectivity index (χ1v) is 6.81. The van der Waals surface area contributed by atoms with Crippen molar-refractivity contribution in [3.8, 4) is 12.1 Å². The molecule has 2 heterocycles. The van der Waals surface area contributed by atoms with E-state index >= 15 is 0 Å². The minimum Gasteiger partial charge on any atom is -0.351 e. The van der Waals surface area contributed by atoms with Gasteiger partial charge >= 0.3 is 0 Å². The number of carbonyl (C=O) groups excluding carboxylic acids is 1. The van der Waals surface area contributed by atoms with Gasteiger partial charge in [0.05, 0.1) is 5.69 Å². The maximum atomic E-state index is 12.1. The SMILES string of the molecule is CCC(CC)c1cc(C(=O)Nc2nc(C#N)c(C#N)[nH]2)on1. The second kappa shape index (κ2) is 6.55. The Balaban J connectivity index is 2.15. The summed E-state index contributed by atoms with van der Waals surface area (Å²) >= 11 is 0. The molecule has 0 unspecified atom stereocenters. The largest absolute Gasteiger partial charge is 0.351 e. The van der Waals surface area contributed by atoms with Gasteiger partial charge in [0.25, 0.3) is 5.91 Å². The topological polar surface area (TPSA) is 131 Å². The molecule has 1 amide bonds. The first-order chi connectivity index (χ1) is 10.6. The summed E-state index contributed by atoms with van der Waals surface area (Å²) in [6.07, 6.45) is 1.80. The lowest BCUT2D eigenvalue weighted by Crippen LogP contribution is -2.12. The number of imidazole rings is 1. The van der Waals surface area contributed by atoms with Gasteiger partial charge < -0.3 is 9.51 Å². The van der Waals surface area contributed by atoms with E-state index in [1.54, 1.807) is 18.2 Å². The van der Waals surface area contributed by atoms with Gasteiger partial charge in [0.1, 0.15) is 12.1 Å². The van der Waals surface area contributed by atoms with Gasteiger partial charge in [0.2, 0.25) is 11.7 Å². The van der Waals surface area contributed by atoms with Gasteiger partial charge in [-0.3, -0.25) is 10.1 Å². The number of rotatable bonds is 5. The number of nitrogens with one attached hydrogen (secondary N) is 2. The number of nitrogens with zero attached hydrogens (tertiary/aromatic N) is 4. The van der Waals surface area contributed by atoms with Crippen LogP contribution in [-0.2, 0) is 0 Å². The number of aromatic nitrogens is 3.